The third kappa shape index (κ3) is 7.37. The summed E-state index contributed by atoms with van der Waals surface area (Å²) in [5.41, 5.74) is 0. The van der Waals surface area contributed by atoms with E-state index in [9.17, 15) is 14.4 Å². The van der Waals surface area contributed by atoms with Crippen LogP contribution in [0.15, 0.2) is 0 Å². The average molecular weight is 278 g/mol. The Morgan fingerprint density at radius 2 is 1.63 bits per heavy atom. The first-order valence-electron chi connectivity index (χ1n) is 5.64. The van der Waals surface area contributed by atoms with E-state index in [1.54, 1.807) is 0 Å². The molecule has 0 fully saturated rings. The summed E-state index contributed by atoms with van der Waals surface area (Å²) in [5.74, 6) is -5.81. The molecule has 0 saturated heterocycles. The molecule has 0 aliphatic heterocycles. The molecular weight excluding hydrogens is 258 g/mol. The van der Waals surface area contributed by atoms with Crippen LogP contribution in [0.25, 0.3) is 0 Å². The number of hydrogen-bond donors (Lipinski definition) is 3. The van der Waals surface area contributed by atoms with Crippen LogP contribution < -0.4 is 0 Å². The van der Waals surface area contributed by atoms with Crippen molar-refractivity contribution in [1.82, 2.24) is 0 Å². The Labute approximate surface area is 110 Å². The van der Waals surface area contributed by atoms with E-state index in [2.05, 4.69) is 0 Å². The van der Waals surface area contributed by atoms with Crippen LogP contribution in [0.5, 0.6) is 0 Å². The zero-order valence-electron chi connectivity index (χ0n) is 11.2. The Kier molecular flexibility index (Phi) is 6.43. The van der Waals surface area contributed by atoms with E-state index < -0.39 is 36.4 Å². The molecule has 0 saturated carbocycles. The van der Waals surface area contributed by atoms with Crippen molar-refractivity contribution in [2.24, 2.45) is 5.92 Å². The quantitative estimate of drug-likeness (QED) is 0.375. The minimum atomic E-state index is -2.14. The molecule has 0 aromatic carbocycles. The Morgan fingerprint density at radius 3 is 2.00 bits per heavy atom. The van der Waals surface area contributed by atoms with Crippen molar-refractivity contribution < 1.29 is 38.9 Å². The minimum Gasteiger partial charge on any atom is -0.481 e. The van der Waals surface area contributed by atoms with E-state index in [1.807, 2.05) is 21.1 Å². The standard InChI is InChI=1S/C11H19NO7/c1-12(2,3)4-5-19-8(13)6-7(10(15)16)9(14)11(17)18/h7,9,14H,4-6H2,1-3H3,(H-,15,16,17,18)/p+1. The number of esters is 1. The van der Waals surface area contributed by atoms with E-state index in [1.165, 1.54) is 0 Å². The third-order valence-electron chi connectivity index (χ3n) is 2.36. The monoisotopic (exact) mass is 278 g/mol. The fourth-order valence-electron chi connectivity index (χ4n) is 1.18. The van der Waals surface area contributed by atoms with Crippen molar-refractivity contribution >= 4 is 17.9 Å². The van der Waals surface area contributed by atoms with Gasteiger partial charge in [0.15, 0.2) is 6.10 Å². The average Bonchev–Trinajstić information content (AvgIpc) is 2.22. The summed E-state index contributed by atoms with van der Waals surface area (Å²) in [6.45, 7) is 0.628. The minimum absolute atomic E-state index is 0.0951. The van der Waals surface area contributed by atoms with Gasteiger partial charge in [-0.25, -0.2) is 4.79 Å². The summed E-state index contributed by atoms with van der Waals surface area (Å²) in [4.78, 5) is 32.7. The van der Waals surface area contributed by atoms with Crippen molar-refractivity contribution in [3.05, 3.63) is 0 Å². The molecule has 0 aliphatic carbocycles. The highest BCUT2D eigenvalue weighted by molar-refractivity contribution is 5.85. The lowest BCUT2D eigenvalue weighted by atomic mass is 9.99. The van der Waals surface area contributed by atoms with Crippen molar-refractivity contribution in [3.8, 4) is 0 Å². The molecule has 0 aliphatic rings. The molecule has 3 N–H and O–H groups in total. The number of aliphatic carboxylic acids is 2. The van der Waals surface area contributed by atoms with Gasteiger partial charge in [0.05, 0.1) is 27.6 Å². The number of nitrogens with zero attached hydrogens (tertiary/aromatic N) is 1. The van der Waals surface area contributed by atoms with Gasteiger partial charge in [0.1, 0.15) is 19.1 Å². The molecular formula is C11H20NO7+. The smallest absolute Gasteiger partial charge is 0.333 e. The number of carboxylic acids is 2. The zero-order chi connectivity index (χ0) is 15.2. The van der Waals surface area contributed by atoms with Crippen LogP contribution in [0.1, 0.15) is 6.42 Å². The number of ether oxygens (including phenoxy) is 1. The van der Waals surface area contributed by atoms with E-state index in [0.29, 0.717) is 11.0 Å². The van der Waals surface area contributed by atoms with Crippen LogP contribution in [-0.2, 0) is 19.1 Å². The van der Waals surface area contributed by atoms with Gasteiger partial charge in [-0.3, -0.25) is 9.59 Å². The normalized spacial score (nSPS) is 14.5. The fourth-order valence-corrected chi connectivity index (χ4v) is 1.18. The molecule has 0 rings (SSSR count). The lowest BCUT2D eigenvalue weighted by Crippen LogP contribution is -2.39. The van der Waals surface area contributed by atoms with Crippen molar-refractivity contribution in [2.75, 3.05) is 34.3 Å². The number of hydrogen-bond acceptors (Lipinski definition) is 5. The van der Waals surface area contributed by atoms with Gasteiger partial charge in [-0.05, 0) is 0 Å². The van der Waals surface area contributed by atoms with Gasteiger partial charge < -0.3 is 24.5 Å². The fraction of sp³-hybridized carbons (Fsp3) is 0.727. The molecule has 0 aromatic heterocycles. The number of aliphatic hydroxyl groups is 1. The number of rotatable bonds is 8. The Morgan fingerprint density at radius 1 is 1.11 bits per heavy atom. The predicted octanol–water partition coefficient (Wildman–Crippen LogP) is -1.23. The largest absolute Gasteiger partial charge is 0.481 e. The van der Waals surface area contributed by atoms with Crippen LogP contribution in [0.4, 0.5) is 0 Å². The number of carbonyl (C=O) groups excluding carboxylic acids is 1. The summed E-state index contributed by atoms with van der Waals surface area (Å²) in [5, 5.41) is 26.5. The molecule has 0 aromatic rings. The Balaban J connectivity index is 4.34. The molecule has 110 valence electrons. The first kappa shape index (κ1) is 17.3. The Bertz CT molecular complexity index is 347. The van der Waals surface area contributed by atoms with E-state index in [4.69, 9.17) is 20.1 Å². The van der Waals surface area contributed by atoms with Crippen molar-refractivity contribution in [1.29, 1.82) is 0 Å². The summed E-state index contributed by atoms with van der Waals surface area (Å²) in [6, 6.07) is 0. The maximum absolute atomic E-state index is 11.4. The summed E-state index contributed by atoms with van der Waals surface area (Å²) in [7, 11) is 5.67. The van der Waals surface area contributed by atoms with Gasteiger partial charge in [-0.15, -0.1) is 0 Å². The molecule has 8 heteroatoms. The van der Waals surface area contributed by atoms with Gasteiger partial charge >= 0.3 is 17.9 Å². The summed E-state index contributed by atoms with van der Waals surface area (Å²) in [6.07, 6.45) is -2.82. The number of quaternary nitrogens is 1. The highest BCUT2D eigenvalue weighted by atomic mass is 16.5. The maximum Gasteiger partial charge on any atom is 0.333 e. The molecule has 2 atom stereocenters. The first-order valence-corrected chi connectivity index (χ1v) is 5.64. The molecule has 19 heavy (non-hydrogen) atoms. The van der Waals surface area contributed by atoms with E-state index >= 15 is 0 Å². The van der Waals surface area contributed by atoms with Crippen molar-refractivity contribution in [3.63, 3.8) is 0 Å². The molecule has 0 radical (unpaired) electrons. The van der Waals surface area contributed by atoms with Gasteiger partial charge in [-0.2, -0.15) is 0 Å². The molecule has 0 amide bonds. The highest BCUT2D eigenvalue weighted by Crippen LogP contribution is 2.11. The molecule has 0 heterocycles. The third-order valence-corrected chi connectivity index (χ3v) is 2.36. The summed E-state index contributed by atoms with van der Waals surface area (Å²) < 4.78 is 5.37. The molecule has 0 bridgehead atoms. The van der Waals surface area contributed by atoms with Crippen LogP contribution >= 0.6 is 0 Å². The number of carboxylic acid groups (broad SMARTS) is 2. The topological polar surface area (TPSA) is 121 Å². The molecule has 0 spiro atoms. The zero-order valence-corrected chi connectivity index (χ0v) is 11.2. The van der Waals surface area contributed by atoms with Gasteiger partial charge in [0.25, 0.3) is 0 Å². The van der Waals surface area contributed by atoms with Crippen LogP contribution in [-0.4, -0.2) is 78.1 Å². The Hall–Kier alpha value is -1.67. The number of aliphatic hydroxyl groups excluding tert-OH is 1. The summed E-state index contributed by atoms with van der Waals surface area (Å²) >= 11 is 0. The van der Waals surface area contributed by atoms with E-state index in [0.717, 1.165) is 0 Å². The van der Waals surface area contributed by atoms with Crippen LogP contribution in [0, 0.1) is 5.92 Å². The second-order valence-corrected chi connectivity index (χ2v) is 5.17. The highest BCUT2D eigenvalue weighted by Gasteiger charge is 2.34. The molecule has 8 nitrogen and oxygen atoms in total. The lowest BCUT2D eigenvalue weighted by molar-refractivity contribution is -0.870. The second kappa shape index (κ2) is 7.05. The van der Waals surface area contributed by atoms with Crippen LogP contribution in [0.2, 0.25) is 0 Å². The van der Waals surface area contributed by atoms with E-state index in [-0.39, 0.29) is 6.61 Å². The SMILES string of the molecule is C[N+](C)(C)CCOC(=O)CC(C(=O)O)C(O)C(=O)O. The van der Waals surface area contributed by atoms with Crippen molar-refractivity contribution in [2.45, 2.75) is 12.5 Å². The van der Waals surface area contributed by atoms with Crippen LogP contribution in [0.3, 0.4) is 0 Å². The molecule has 2 unspecified atom stereocenters. The van der Waals surface area contributed by atoms with Gasteiger partial charge in [-0.1, -0.05) is 0 Å². The van der Waals surface area contributed by atoms with Gasteiger partial charge in [0, 0.05) is 0 Å². The maximum atomic E-state index is 11.4. The number of carbonyl (C=O) groups is 3. The predicted molar refractivity (Wildman–Crippen MR) is 63.2 cm³/mol. The van der Waals surface area contributed by atoms with Gasteiger partial charge in [0.2, 0.25) is 0 Å². The first-order chi connectivity index (χ1) is 8.54. The second-order valence-electron chi connectivity index (χ2n) is 5.17. The lowest BCUT2D eigenvalue weighted by Gasteiger charge is -2.23. The number of likely N-dealkylation sites (N-methyl/N-ethyl adjacent to an activating group) is 1.